The van der Waals surface area contributed by atoms with Gasteiger partial charge in [-0.25, -0.2) is 0 Å². The van der Waals surface area contributed by atoms with Crippen LogP contribution in [0.3, 0.4) is 0 Å². The van der Waals surface area contributed by atoms with Gasteiger partial charge in [0.2, 0.25) is 5.91 Å². The van der Waals surface area contributed by atoms with E-state index in [4.69, 9.17) is 4.74 Å². The van der Waals surface area contributed by atoms with Crippen molar-refractivity contribution < 1.29 is 14.3 Å². The maximum Gasteiger partial charge on any atom is 0.253 e. The Morgan fingerprint density at radius 3 is 2.50 bits per heavy atom. The molecule has 0 saturated carbocycles. The monoisotopic (exact) mass is 358 g/mol. The van der Waals surface area contributed by atoms with E-state index >= 15 is 0 Å². The number of ether oxygens (including phenoxy) is 1. The van der Waals surface area contributed by atoms with Crippen LogP contribution in [-0.2, 0) is 9.53 Å². The fourth-order valence-electron chi connectivity index (χ4n) is 3.92. The summed E-state index contributed by atoms with van der Waals surface area (Å²) in [5.74, 6) is -0.0489. The highest BCUT2D eigenvalue weighted by Crippen LogP contribution is 2.28. The van der Waals surface area contributed by atoms with E-state index in [0.29, 0.717) is 25.2 Å². The first-order valence-electron chi connectivity index (χ1n) is 9.28. The minimum atomic E-state index is -0.413. The number of nitrogens with one attached hydrogen (secondary N) is 1. The number of hydrogen-bond donors (Lipinski definition) is 1. The number of rotatable bonds is 2. The molecule has 1 atom stereocenters. The molecule has 0 aliphatic carbocycles. The van der Waals surface area contributed by atoms with Crippen LogP contribution < -0.4 is 10.2 Å². The van der Waals surface area contributed by atoms with Crippen molar-refractivity contribution in [3.63, 3.8) is 0 Å². The molecule has 26 heavy (non-hydrogen) atoms. The zero-order valence-electron chi connectivity index (χ0n) is 15.2. The topological polar surface area (TPSA) is 65.1 Å². The predicted octanol–water partition coefficient (Wildman–Crippen LogP) is 0.170. The van der Waals surface area contributed by atoms with Gasteiger partial charge in [0, 0.05) is 50.5 Å². The molecule has 1 aromatic rings. The molecular formula is C19H26N4O3. The first kappa shape index (κ1) is 17.3. The quantitative estimate of drug-likeness (QED) is 0.817. The highest BCUT2D eigenvalue weighted by Gasteiger charge is 2.43. The van der Waals surface area contributed by atoms with Crippen molar-refractivity contribution in [3.8, 4) is 0 Å². The number of piperazine rings is 1. The maximum absolute atomic E-state index is 12.8. The Morgan fingerprint density at radius 2 is 1.85 bits per heavy atom. The average Bonchev–Trinajstić information content (AvgIpc) is 3.09. The molecule has 3 heterocycles. The smallest absolute Gasteiger partial charge is 0.253 e. The zero-order chi connectivity index (χ0) is 18.1. The Balaban J connectivity index is 1.38. The summed E-state index contributed by atoms with van der Waals surface area (Å²) in [6, 6.07) is 7.93. The van der Waals surface area contributed by atoms with Crippen molar-refractivity contribution in [2.75, 3.05) is 64.4 Å². The molecule has 4 rings (SSSR count). The number of carbonyl (C=O) groups is 2. The molecule has 1 spiro atoms. The molecule has 3 saturated heterocycles. The van der Waals surface area contributed by atoms with Crippen LogP contribution in [-0.4, -0.2) is 86.7 Å². The van der Waals surface area contributed by atoms with Crippen molar-refractivity contribution in [2.24, 2.45) is 0 Å². The molecule has 1 unspecified atom stereocenters. The number of amides is 2. The van der Waals surface area contributed by atoms with Crippen LogP contribution in [0, 0.1) is 0 Å². The Hall–Kier alpha value is -2.12. The molecule has 2 amide bonds. The van der Waals surface area contributed by atoms with Crippen molar-refractivity contribution in [1.29, 1.82) is 0 Å². The predicted molar refractivity (Wildman–Crippen MR) is 98.4 cm³/mol. The van der Waals surface area contributed by atoms with Gasteiger partial charge in [0.1, 0.15) is 12.2 Å². The molecule has 0 radical (unpaired) electrons. The molecular weight excluding hydrogens is 332 g/mol. The number of benzene rings is 1. The summed E-state index contributed by atoms with van der Waals surface area (Å²) in [6.45, 7) is 5.92. The lowest BCUT2D eigenvalue weighted by atomic mass is 10.0. The normalized spacial score (nSPS) is 27.0. The lowest BCUT2D eigenvalue weighted by molar-refractivity contribution is -0.141. The van der Waals surface area contributed by atoms with Crippen LogP contribution in [0.25, 0.3) is 0 Å². The molecule has 140 valence electrons. The van der Waals surface area contributed by atoms with Crippen LogP contribution in [0.4, 0.5) is 5.69 Å². The van der Waals surface area contributed by atoms with Crippen LogP contribution in [0.1, 0.15) is 16.8 Å². The summed E-state index contributed by atoms with van der Waals surface area (Å²) >= 11 is 0. The zero-order valence-corrected chi connectivity index (χ0v) is 15.2. The van der Waals surface area contributed by atoms with E-state index in [1.165, 1.54) is 5.69 Å². The lowest BCUT2D eigenvalue weighted by Gasteiger charge is -2.34. The lowest BCUT2D eigenvalue weighted by Crippen LogP contribution is -2.54. The van der Waals surface area contributed by atoms with Crippen LogP contribution >= 0.6 is 0 Å². The summed E-state index contributed by atoms with van der Waals surface area (Å²) < 4.78 is 5.75. The number of hydrogen-bond acceptors (Lipinski definition) is 5. The number of nitrogens with zero attached hydrogens (tertiary/aromatic N) is 3. The van der Waals surface area contributed by atoms with E-state index in [1.54, 1.807) is 0 Å². The average molecular weight is 358 g/mol. The fourth-order valence-corrected chi connectivity index (χ4v) is 3.92. The third-order valence-corrected chi connectivity index (χ3v) is 5.70. The Bertz CT molecular complexity index is 673. The van der Waals surface area contributed by atoms with Gasteiger partial charge in [-0.15, -0.1) is 0 Å². The maximum atomic E-state index is 12.8. The first-order chi connectivity index (χ1) is 12.5. The van der Waals surface area contributed by atoms with E-state index < -0.39 is 5.60 Å². The third-order valence-electron chi connectivity index (χ3n) is 5.70. The van der Waals surface area contributed by atoms with Gasteiger partial charge >= 0.3 is 0 Å². The SMILES string of the molecule is CN1CCN(c2ccc(C(=O)N3CCC4(CNC(=O)CO4)C3)cc2)CC1. The van der Waals surface area contributed by atoms with Gasteiger partial charge in [0.15, 0.2) is 0 Å². The third kappa shape index (κ3) is 3.41. The van der Waals surface area contributed by atoms with E-state index in [0.717, 1.165) is 32.6 Å². The van der Waals surface area contributed by atoms with Crippen molar-refractivity contribution in [2.45, 2.75) is 12.0 Å². The molecule has 1 aromatic carbocycles. The first-order valence-corrected chi connectivity index (χ1v) is 9.28. The summed E-state index contributed by atoms with van der Waals surface area (Å²) in [5.41, 5.74) is 1.47. The highest BCUT2D eigenvalue weighted by molar-refractivity contribution is 5.95. The van der Waals surface area contributed by atoms with Crippen molar-refractivity contribution in [1.82, 2.24) is 15.1 Å². The molecule has 3 aliphatic heterocycles. The summed E-state index contributed by atoms with van der Waals surface area (Å²) in [4.78, 5) is 30.6. The second kappa shape index (κ2) is 6.89. The Labute approximate surface area is 153 Å². The Morgan fingerprint density at radius 1 is 1.12 bits per heavy atom. The number of anilines is 1. The number of likely N-dealkylation sites (tertiary alicyclic amines) is 1. The second-order valence-corrected chi connectivity index (χ2v) is 7.56. The van der Waals surface area contributed by atoms with Crippen LogP contribution in [0.5, 0.6) is 0 Å². The van der Waals surface area contributed by atoms with Gasteiger partial charge in [-0.2, -0.15) is 0 Å². The highest BCUT2D eigenvalue weighted by atomic mass is 16.5. The van der Waals surface area contributed by atoms with Crippen molar-refractivity contribution >= 4 is 17.5 Å². The van der Waals surface area contributed by atoms with Gasteiger partial charge in [0.05, 0.1) is 6.54 Å². The van der Waals surface area contributed by atoms with Gasteiger partial charge < -0.3 is 24.8 Å². The molecule has 7 heteroatoms. The summed E-state index contributed by atoms with van der Waals surface area (Å²) in [7, 11) is 2.14. The molecule has 3 fully saturated rings. The summed E-state index contributed by atoms with van der Waals surface area (Å²) in [5, 5.41) is 2.85. The van der Waals surface area contributed by atoms with E-state index in [9.17, 15) is 9.59 Å². The number of morpholine rings is 1. The largest absolute Gasteiger partial charge is 0.369 e. The fraction of sp³-hybridized carbons (Fsp3) is 0.579. The van der Waals surface area contributed by atoms with Gasteiger partial charge in [0.25, 0.3) is 5.91 Å². The molecule has 7 nitrogen and oxygen atoms in total. The van der Waals surface area contributed by atoms with E-state index in [-0.39, 0.29) is 18.4 Å². The number of carbonyl (C=O) groups excluding carboxylic acids is 2. The van der Waals surface area contributed by atoms with Crippen LogP contribution in [0.15, 0.2) is 24.3 Å². The van der Waals surface area contributed by atoms with Crippen LogP contribution in [0.2, 0.25) is 0 Å². The molecule has 1 N–H and O–H groups in total. The number of likely N-dealkylation sites (N-methyl/N-ethyl adjacent to an activating group) is 1. The van der Waals surface area contributed by atoms with E-state index in [1.807, 2.05) is 29.2 Å². The van der Waals surface area contributed by atoms with Gasteiger partial charge in [-0.05, 0) is 37.7 Å². The summed E-state index contributed by atoms with van der Waals surface area (Å²) in [6.07, 6.45) is 0.762. The van der Waals surface area contributed by atoms with Gasteiger partial charge in [-0.1, -0.05) is 0 Å². The molecule has 0 bridgehead atoms. The van der Waals surface area contributed by atoms with E-state index in [2.05, 4.69) is 22.2 Å². The second-order valence-electron chi connectivity index (χ2n) is 7.56. The Kier molecular flexibility index (Phi) is 4.58. The minimum absolute atomic E-state index is 0.0345. The van der Waals surface area contributed by atoms with Gasteiger partial charge in [-0.3, -0.25) is 9.59 Å². The van der Waals surface area contributed by atoms with Crippen molar-refractivity contribution in [3.05, 3.63) is 29.8 Å². The standard InChI is InChI=1S/C19H26N4O3/c1-21-8-10-22(11-9-21)16-4-2-15(3-5-16)18(25)23-7-6-19(14-23)13-20-17(24)12-26-19/h2-5H,6-14H2,1H3,(H,20,24). The molecule has 3 aliphatic rings. The minimum Gasteiger partial charge on any atom is -0.369 e. The molecule has 0 aromatic heterocycles.